The zero-order chi connectivity index (χ0) is 20.5. The van der Waals surface area contributed by atoms with Gasteiger partial charge in [-0.2, -0.15) is 0 Å². The summed E-state index contributed by atoms with van der Waals surface area (Å²) in [6.07, 6.45) is 19.6. The molecule has 0 amide bonds. The highest BCUT2D eigenvalue weighted by Gasteiger charge is 2.46. The topological polar surface area (TPSA) is 35.5 Å². The molecule has 28 heavy (non-hydrogen) atoms. The Morgan fingerprint density at radius 3 is 2.00 bits per heavy atom. The average Bonchev–Trinajstić information content (AvgIpc) is 2.69. The van der Waals surface area contributed by atoms with Crippen molar-refractivity contribution in [1.29, 1.82) is 0 Å². The molecule has 166 valence electrons. The fourth-order valence-electron chi connectivity index (χ4n) is 4.06. The number of carbonyl (C=O) groups is 1. The number of alkyl halides is 1. The first-order valence-electron chi connectivity index (χ1n) is 12.1. The number of rotatable bonds is 20. The molecule has 0 saturated carbocycles. The maximum atomic E-state index is 12.0. The van der Waals surface area contributed by atoms with Crippen molar-refractivity contribution in [2.75, 3.05) is 12.5 Å². The van der Waals surface area contributed by atoms with Crippen molar-refractivity contribution < 1.29 is 14.3 Å². The Morgan fingerprint density at radius 2 is 1.43 bits per heavy atom. The number of cyclic esters (lactones) is 1. The van der Waals surface area contributed by atoms with Crippen LogP contribution in [0.1, 0.15) is 117 Å². The first-order chi connectivity index (χ1) is 13.7. The van der Waals surface area contributed by atoms with E-state index in [2.05, 4.69) is 13.8 Å². The molecular weight excluding hydrogens is 372 g/mol. The van der Waals surface area contributed by atoms with Gasteiger partial charge < -0.3 is 9.47 Å². The van der Waals surface area contributed by atoms with Crippen molar-refractivity contribution in [1.82, 2.24) is 0 Å². The van der Waals surface area contributed by atoms with Crippen molar-refractivity contribution in [3.8, 4) is 0 Å². The molecule has 1 rings (SSSR count). The first kappa shape index (κ1) is 25.8. The maximum Gasteiger partial charge on any atom is 0.313 e. The molecule has 1 saturated heterocycles. The van der Waals surface area contributed by atoms with Gasteiger partial charge in [0, 0.05) is 12.5 Å². The molecule has 3 nitrogen and oxygen atoms in total. The molecule has 1 aliphatic rings. The van der Waals surface area contributed by atoms with Gasteiger partial charge in [0.25, 0.3) is 0 Å². The van der Waals surface area contributed by atoms with E-state index >= 15 is 0 Å². The van der Waals surface area contributed by atoms with Crippen LogP contribution in [-0.2, 0) is 14.3 Å². The van der Waals surface area contributed by atoms with E-state index in [1.165, 1.54) is 70.6 Å². The van der Waals surface area contributed by atoms with Gasteiger partial charge in [-0.25, -0.2) is 0 Å². The van der Waals surface area contributed by atoms with Crippen LogP contribution < -0.4 is 0 Å². The molecule has 0 aromatic rings. The summed E-state index contributed by atoms with van der Waals surface area (Å²) in [7, 11) is 0. The lowest BCUT2D eigenvalue weighted by molar-refractivity contribution is -0.204. The molecule has 3 atom stereocenters. The molecule has 0 radical (unpaired) electrons. The molecule has 1 fully saturated rings. The molecular formula is C24H45ClO3. The van der Waals surface area contributed by atoms with Crippen molar-refractivity contribution in [3.05, 3.63) is 0 Å². The van der Waals surface area contributed by atoms with Gasteiger partial charge in [0.1, 0.15) is 6.10 Å². The summed E-state index contributed by atoms with van der Waals surface area (Å²) in [5.41, 5.74) is 0. The predicted molar refractivity (Wildman–Crippen MR) is 119 cm³/mol. The largest absolute Gasteiger partial charge is 0.458 e. The summed E-state index contributed by atoms with van der Waals surface area (Å²) in [6, 6.07) is 0. The van der Waals surface area contributed by atoms with Gasteiger partial charge in [-0.1, -0.05) is 97.3 Å². The van der Waals surface area contributed by atoms with Crippen molar-refractivity contribution >= 4 is 17.6 Å². The first-order valence-corrected chi connectivity index (χ1v) is 12.7. The lowest BCUT2D eigenvalue weighted by Crippen LogP contribution is -2.52. The minimum absolute atomic E-state index is 0.0143. The fourth-order valence-corrected chi connectivity index (χ4v) is 4.17. The van der Waals surface area contributed by atoms with Crippen LogP contribution in [0.25, 0.3) is 0 Å². The number of hydrogen-bond acceptors (Lipinski definition) is 3. The number of carbonyl (C=O) groups excluding carboxylic acids is 1. The van der Waals surface area contributed by atoms with Gasteiger partial charge >= 0.3 is 5.97 Å². The summed E-state index contributed by atoms with van der Waals surface area (Å²) in [5, 5.41) is 0. The third kappa shape index (κ3) is 11.0. The number of ether oxygens (including phenoxy) is 2. The van der Waals surface area contributed by atoms with Gasteiger partial charge in [0.05, 0.1) is 12.0 Å². The highest BCUT2D eigenvalue weighted by molar-refractivity contribution is 6.17. The molecule has 0 bridgehead atoms. The van der Waals surface area contributed by atoms with Gasteiger partial charge in [-0.15, -0.1) is 11.6 Å². The van der Waals surface area contributed by atoms with E-state index in [9.17, 15) is 4.79 Å². The van der Waals surface area contributed by atoms with Crippen LogP contribution in [-0.4, -0.2) is 30.7 Å². The van der Waals surface area contributed by atoms with Gasteiger partial charge in [-0.05, 0) is 19.3 Å². The van der Waals surface area contributed by atoms with E-state index in [1.807, 2.05) is 0 Å². The van der Waals surface area contributed by atoms with E-state index in [4.69, 9.17) is 21.1 Å². The number of halogens is 1. The Balaban J connectivity index is 2.27. The Bertz CT molecular complexity index is 375. The van der Waals surface area contributed by atoms with Crippen LogP contribution in [0.4, 0.5) is 0 Å². The molecule has 1 heterocycles. The highest BCUT2D eigenvalue weighted by atomic mass is 35.5. The highest BCUT2D eigenvalue weighted by Crippen LogP contribution is 2.33. The minimum atomic E-state index is -0.0292. The van der Waals surface area contributed by atoms with E-state index in [-0.39, 0.29) is 24.1 Å². The lowest BCUT2D eigenvalue weighted by atomic mass is 9.85. The summed E-state index contributed by atoms with van der Waals surface area (Å²) >= 11 is 5.80. The van der Waals surface area contributed by atoms with E-state index in [1.54, 1.807) is 0 Å². The second-order valence-electron chi connectivity index (χ2n) is 8.43. The molecule has 3 unspecified atom stereocenters. The Kier molecular flexibility index (Phi) is 16.2. The van der Waals surface area contributed by atoms with Gasteiger partial charge in [0.15, 0.2) is 0 Å². The van der Waals surface area contributed by atoms with Crippen LogP contribution in [0, 0.1) is 5.92 Å². The molecule has 0 spiro atoms. The molecule has 0 N–H and O–H groups in total. The van der Waals surface area contributed by atoms with Crippen LogP contribution in [0.15, 0.2) is 0 Å². The minimum Gasteiger partial charge on any atom is -0.458 e. The van der Waals surface area contributed by atoms with Crippen molar-refractivity contribution in [3.63, 3.8) is 0 Å². The second-order valence-corrected chi connectivity index (χ2v) is 8.80. The summed E-state index contributed by atoms with van der Waals surface area (Å²) in [5.74, 6) is 0.659. The summed E-state index contributed by atoms with van der Waals surface area (Å²) in [6.45, 7) is 5.15. The molecule has 0 aromatic heterocycles. The third-order valence-electron chi connectivity index (χ3n) is 5.89. The van der Waals surface area contributed by atoms with Crippen LogP contribution >= 0.6 is 11.6 Å². The zero-order valence-electron chi connectivity index (χ0n) is 18.6. The predicted octanol–water partition coefficient (Wildman–Crippen LogP) is 7.43. The standard InChI is InChI=1S/C24H45ClO3/c1-3-5-7-9-10-11-12-13-15-18-22(27-20-16-19-25)23-21(24(26)28-23)17-14-8-6-4-2/h21-23H,3-20H2,1-2H3. The van der Waals surface area contributed by atoms with E-state index < -0.39 is 0 Å². The zero-order valence-corrected chi connectivity index (χ0v) is 19.3. The molecule has 4 heteroatoms. The van der Waals surface area contributed by atoms with Crippen molar-refractivity contribution in [2.24, 2.45) is 5.92 Å². The van der Waals surface area contributed by atoms with E-state index in [0.29, 0.717) is 12.5 Å². The normalized spacial score (nSPS) is 20.0. The van der Waals surface area contributed by atoms with Crippen molar-refractivity contribution in [2.45, 2.75) is 129 Å². The molecule has 1 aliphatic heterocycles. The van der Waals surface area contributed by atoms with Gasteiger partial charge in [-0.3, -0.25) is 4.79 Å². The maximum absolute atomic E-state index is 12.0. The van der Waals surface area contributed by atoms with Gasteiger partial charge in [0.2, 0.25) is 0 Å². The lowest BCUT2D eigenvalue weighted by Gasteiger charge is -2.40. The Morgan fingerprint density at radius 1 is 0.857 bits per heavy atom. The van der Waals surface area contributed by atoms with E-state index in [0.717, 1.165) is 32.1 Å². The summed E-state index contributed by atoms with van der Waals surface area (Å²) < 4.78 is 11.6. The van der Waals surface area contributed by atoms with Crippen LogP contribution in [0.5, 0.6) is 0 Å². The smallest absolute Gasteiger partial charge is 0.313 e. The van der Waals surface area contributed by atoms with Crippen LogP contribution in [0.2, 0.25) is 0 Å². The third-order valence-corrected chi connectivity index (χ3v) is 6.16. The molecule has 0 aromatic carbocycles. The summed E-state index contributed by atoms with van der Waals surface area (Å²) in [4.78, 5) is 12.0. The number of esters is 1. The Labute approximate surface area is 179 Å². The molecule has 0 aliphatic carbocycles. The SMILES string of the molecule is CCCCCCCCCCCC(OCCCCl)C1OC(=O)C1CCCCCC. The monoisotopic (exact) mass is 416 g/mol. The Hall–Kier alpha value is -0.280. The number of hydrogen-bond donors (Lipinski definition) is 0. The quantitative estimate of drug-likeness (QED) is 0.117. The van der Waals surface area contributed by atoms with Crippen LogP contribution in [0.3, 0.4) is 0 Å². The fraction of sp³-hybridized carbons (Fsp3) is 0.958. The average molecular weight is 417 g/mol. The number of unbranched alkanes of at least 4 members (excludes halogenated alkanes) is 11. The second kappa shape index (κ2) is 17.6.